The lowest BCUT2D eigenvalue weighted by molar-refractivity contribution is 0.0712. The summed E-state index contributed by atoms with van der Waals surface area (Å²) in [4.78, 5) is 14.6. The average Bonchev–Trinajstić information content (AvgIpc) is 2.96. The van der Waals surface area contributed by atoms with E-state index >= 15 is 0 Å². The molecule has 0 bridgehead atoms. The van der Waals surface area contributed by atoms with Gasteiger partial charge in [0.15, 0.2) is 5.76 Å². The Bertz CT molecular complexity index is 867. The second kappa shape index (κ2) is 6.40. The second-order valence-electron chi connectivity index (χ2n) is 5.92. The molecule has 4 heteroatoms. The maximum atomic E-state index is 12.9. The molecule has 0 aliphatic rings. The van der Waals surface area contributed by atoms with E-state index in [2.05, 4.69) is 0 Å². The van der Waals surface area contributed by atoms with Crippen LogP contribution in [0.3, 0.4) is 0 Å². The van der Waals surface area contributed by atoms with Gasteiger partial charge in [-0.1, -0.05) is 30.3 Å². The molecule has 0 unspecified atom stereocenters. The third kappa shape index (κ3) is 2.75. The number of aryl methyl sites for hydroxylation is 1. The first-order chi connectivity index (χ1) is 11.5. The fraction of sp³-hybridized carbons (Fsp3) is 0.250. The van der Waals surface area contributed by atoms with Crippen molar-refractivity contribution in [1.29, 1.82) is 0 Å². The molecule has 0 N–H and O–H groups in total. The SMILES string of the molecule is COc1ccc2oc(C(=O)N(C)[C@@H](C)c3ccccc3)c(C)c2c1. The number of fused-ring (bicyclic) bond motifs is 1. The van der Waals surface area contributed by atoms with E-state index in [1.807, 2.05) is 62.4 Å². The first-order valence-corrected chi connectivity index (χ1v) is 7.92. The van der Waals surface area contributed by atoms with Gasteiger partial charge in [0.1, 0.15) is 11.3 Å². The Morgan fingerprint density at radius 1 is 1.17 bits per heavy atom. The molecular formula is C20H21NO3. The van der Waals surface area contributed by atoms with Gasteiger partial charge in [0, 0.05) is 18.0 Å². The minimum Gasteiger partial charge on any atom is -0.497 e. The van der Waals surface area contributed by atoms with Crippen molar-refractivity contribution in [3.63, 3.8) is 0 Å². The predicted molar refractivity (Wildman–Crippen MR) is 94.5 cm³/mol. The Morgan fingerprint density at radius 3 is 2.54 bits per heavy atom. The van der Waals surface area contributed by atoms with Gasteiger partial charge in [-0.25, -0.2) is 0 Å². The molecule has 0 fully saturated rings. The van der Waals surface area contributed by atoms with Gasteiger partial charge in [-0.15, -0.1) is 0 Å². The van der Waals surface area contributed by atoms with Crippen LogP contribution in [-0.4, -0.2) is 25.0 Å². The van der Waals surface area contributed by atoms with Crippen LogP contribution in [0, 0.1) is 6.92 Å². The van der Waals surface area contributed by atoms with Crippen LogP contribution < -0.4 is 4.74 Å². The monoisotopic (exact) mass is 323 g/mol. The highest BCUT2D eigenvalue weighted by Gasteiger charge is 2.25. The minimum absolute atomic E-state index is 0.0409. The van der Waals surface area contributed by atoms with Crippen LogP contribution in [0.4, 0.5) is 0 Å². The van der Waals surface area contributed by atoms with Crippen LogP contribution >= 0.6 is 0 Å². The van der Waals surface area contributed by atoms with Crippen molar-refractivity contribution < 1.29 is 13.9 Å². The summed E-state index contributed by atoms with van der Waals surface area (Å²) >= 11 is 0. The number of hydrogen-bond donors (Lipinski definition) is 0. The Morgan fingerprint density at radius 2 is 1.88 bits per heavy atom. The summed E-state index contributed by atoms with van der Waals surface area (Å²) in [5.74, 6) is 0.999. The topological polar surface area (TPSA) is 42.7 Å². The highest BCUT2D eigenvalue weighted by atomic mass is 16.5. The van der Waals surface area contributed by atoms with Gasteiger partial charge in [-0.3, -0.25) is 4.79 Å². The molecule has 3 rings (SSSR count). The highest BCUT2D eigenvalue weighted by Crippen LogP contribution is 2.30. The summed E-state index contributed by atoms with van der Waals surface area (Å²) in [6.07, 6.45) is 0. The number of carbonyl (C=O) groups is 1. The van der Waals surface area contributed by atoms with E-state index in [0.717, 1.165) is 22.3 Å². The molecular weight excluding hydrogens is 302 g/mol. The van der Waals surface area contributed by atoms with Gasteiger partial charge in [-0.2, -0.15) is 0 Å². The fourth-order valence-electron chi connectivity index (χ4n) is 2.82. The Hall–Kier alpha value is -2.75. The van der Waals surface area contributed by atoms with Crippen LogP contribution in [0.25, 0.3) is 11.0 Å². The zero-order chi connectivity index (χ0) is 17.3. The molecule has 4 nitrogen and oxygen atoms in total. The predicted octanol–water partition coefficient (Wildman–Crippen LogP) is 4.58. The summed E-state index contributed by atoms with van der Waals surface area (Å²) < 4.78 is 11.1. The van der Waals surface area contributed by atoms with Crippen LogP contribution in [0.15, 0.2) is 52.9 Å². The van der Waals surface area contributed by atoms with E-state index in [4.69, 9.17) is 9.15 Å². The maximum Gasteiger partial charge on any atom is 0.290 e. The van der Waals surface area contributed by atoms with Crippen molar-refractivity contribution in [3.05, 3.63) is 65.4 Å². The van der Waals surface area contributed by atoms with Crippen molar-refractivity contribution in [3.8, 4) is 5.75 Å². The van der Waals surface area contributed by atoms with Crippen LogP contribution in [0.2, 0.25) is 0 Å². The number of carbonyl (C=O) groups excluding carboxylic acids is 1. The van der Waals surface area contributed by atoms with Gasteiger partial charge in [-0.05, 0) is 37.6 Å². The number of amides is 1. The standard InChI is InChI=1S/C20H21NO3/c1-13-17-12-16(23-4)10-11-18(17)24-19(13)20(22)21(3)14(2)15-8-6-5-7-9-15/h5-12,14H,1-4H3/t14-/m0/s1. The Kier molecular flexibility index (Phi) is 4.30. The third-order valence-electron chi connectivity index (χ3n) is 4.52. The molecule has 0 saturated carbocycles. The van der Waals surface area contributed by atoms with Crippen LogP contribution in [0.1, 0.15) is 34.6 Å². The number of nitrogens with zero attached hydrogens (tertiary/aromatic N) is 1. The van der Waals surface area contributed by atoms with E-state index in [1.54, 1.807) is 19.1 Å². The average molecular weight is 323 g/mol. The normalized spacial score (nSPS) is 12.2. The summed E-state index contributed by atoms with van der Waals surface area (Å²) in [7, 11) is 3.42. The Balaban J connectivity index is 1.94. The molecule has 124 valence electrons. The largest absolute Gasteiger partial charge is 0.497 e. The van der Waals surface area contributed by atoms with Crippen molar-refractivity contribution in [2.75, 3.05) is 14.2 Å². The van der Waals surface area contributed by atoms with Gasteiger partial charge >= 0.3 is 0 Å². The third-order valence-corrected chi connectivity index (χ3v) is 4.52. The second-order valence-corrected chi connectivity index (χ2v) is 5.92. The molecule has 3 aromatic rings. The summed E-state index contributed by atoms with van der Waals surface area (Å²) in [5, 5.41) is 0.901. The van der Waals surface area contributed by atoms with E-state index in [-0.39, 0.29) is 11.9 Å². The molecule has 1 atom stereocenters. The lowest BCUT2D eigenvalue weighted by Crippen LogP contribution is -2.29. The number of methoxy groups -OCH3 is 1. The smallest absolute Gasteiger partial charge is 0.290 e. The van der Waals surface area contributed by atoms with E-state index < -0.39 is 0 Å². The number of furan rings is 1. The maximum absolute atomic E-state index is 12.9. The highest BCUT2D eigenvalue weighted by molar-refractivity contribution is 5.99. The minimum atomic E-state index is -0.126. The molecule has 2 aromatic carbocycles. The molecule has 1 heterocycles. The zero-order valence-electron chi connectivity index (χ0n) is 14.4. The lowest BCUT2D eigenvalue weighted by Gasteiger charge is -2.24. The molecule has 1 aromatic heterocycles. The van der Waals surface area contributed by atoms with E-state index in [9.17, 15) is 4.79 Å². The Labute approximate surface area is 141 Å². The van der Waals surface area contributed by atoms with Crippen LogP contribution in [-0.2, 0) is 0 Å². The van der Waals surface area contributed by atoms with Gasteiger partial charge < -0.3 is 14.1 Å². The van der Waals surface area contributed by atoms with Gasteiger partial charge in [0.2, 0.25) is 0 Å². The van der Waals surface area contributed by atoms with E-state index in [1.165, 1.54) is 0 Å². The van der Waals surface area contributed by atoms with Crippen molar-refractivity contribution in [1.82, 2.24) is 4.90 Å². The van der Waals surface area contributed by atoms with Crippen molar-refractivity contribution in [2.45, 2.75) is 19.9 Å². The molecule has 24 heavy (non-hydrogen) atoms. The zero-order valence-corrected chi connectivity index (χ0v) is 14.4. The first-order valence-electron chi connectivity index (χ1n) is 7.92. The summed E-state index contributed by atoms with van der Waals surface area (Å²) in [5.41, 5.74) is 2.61. The van der Waals surface area contributed by atoms with Crippen molar-refractivity contribution in [2.24, 2.45) is 0 Å². The molecule has 0 radical (unpaired) electrons. The number of hydrogen-bond acceptors (Lipinski definition) is 3. The first kappa shape index (κ1) is 16.1. The molecule has 1 amide bonds. The summed E-state index contributed by atoms with van der Waals surface area (Å²) in [6.45, 7) is 3.91. The van der Waals surface area contributed by atoms with E-state index in [0.29, 0.717) is 11.3 Å². The lowest BCUT2D eigenvalue weighted by atomic mass is 10.1. The molecule has 0 aliphatic carbocycles. The molecule has 0 saturated heterocycles. The molecule has 0 spiro atoms. The summed E-state index contributed by atoms with van der Waals surface area (Å²) in [6, 6.07) is 15.5. The number of rotatable bonds is 4. The number of benzene rings is 2. The van der Waals surface area contributed by atoms with Gasteiger partial charge in [0.25, 0.3) is 5.91 Å². The van der Waals surface area contributed by atoms with Crippen LogP contribution in [0.5, 0.6) is 5.75 Å². The van der Waals surface area contributed by atoms with Crippen molar-refractivity contribution >= 4 is 16.9 Å². The quantitative estimate of drug-likeness (QED) is 0.705. The molecule has 0 aliphatic heterocycles. The van der Waals surface area contributed by atoms with Gasteiger partial charge in [0.05, 0.1) is 13.2 Å². The number of ether oxygens (including phenoxy) is 1. The fourth-order valence-corrected chi connectivity index (χ4v) is 2.82.